The SMILES string of the molecule is CC(CNC1CCCCC1)Nc1ccc2c(c1)Sc1cccc(-c3cc(N4CCOCC4)cc(=O)[nH]3)c1S2. The molecule has 38 heavy (non-hydrogen) atoms. The quantitative estimate of drug-likeness (QED) is 0.253. The molecule has 6 nitrogen and oxygen atoms in total. The van der Waals surface area contributed by atoms with Gasteiger partial charge in [-0.25, -0.2) is 0 Å². The number of aromatic amines is 1. The maximum Gasteiger partial charge on any atom is 0.250 e. The Balaban J connectivity index is 1.18. The topological polar surface area (TPSA) is 69.4 Å². The van der Waals surface area contributed by atoms with Crippen molar-refractivity contribution in [1.82, 2.24) is 10.3 Å². The van der Waals surface area contributed by atoms with Crippen LogP contribution < -0.4 is 21.1 Å². The molecule has 3 aliphatic rings. The molecular formula is C30H36N4O2S2. The van der Waals surface area contributed by atoms with E-state index in [1.54, 1.807) is 17.8 Å². The first kappa shape index (κ1) is 25.9. The van der Waals surface area contributed by atoms with E-state index < -0.39 is 0 Å². The number of morpholine rings is 1. The molecule has 2 aromatic carbocycles. The van der Waals surface area contributed by atoms with Gasteiger partial charge in [-0.15, -0.1) is 0 Å². The van der Waals surface area contributed by atoms with Gasteiger partial charge in [-0.05, 0) is 50.1 Å². The Bertz CT molecular complexity index is 1330. The van der Waals surface area contributed by atoms with Gasteiger partial charge in [0, 0.05) is 74.3 Å². The monoisotopic (exact) mass is 548 g/mol. The average Bonchev–Trinajstić information content (AvgIpc) is 2.95. The number of hydrogen-bond acceptors (Lipinski definition) is 7. The van der Waals surface area contributed by atoms with Gasteiger partial charge in [0.15, 0.2) is 0 Å². The normalized spacial score (nSPS) is 18.5. The lowest BCUT2D eigenvalue weighted by molar-refractivity contribution is 0.122. The van der Waals surface area contributed by atoms with Crippen molar-refractivity contribution in [2.75, 3.05) is 43.1 Å². The summed E-state index contributed by atoms with van der Waals surface area (Å²) >= 11 is 3.60. The number of hydrogen-bond donors (Lipinski definition) is 3. The Morgan fingerprint density at radius 1 is 1.00 bits per heavy atom. The molecule has 3 N–H and O–H groups in total. The van der Waals surface area contributed by atoms with E-state index in [4.69, 9.17) is 4.74 Å². The summed E-state index contributed by atoms with van der Waals surface area (Å²) in [6, 6.07) is 17.9. The molecule has 6 rings (SSSR count). The second kappa shape index (κ2) is 11.8. The van der Waals surface area contributed by atoms with Gasteiger partial charge in [0.2, 0.25) is 5.56 Å². The largest absolute Gasteiger partial charge is 0.381 e. The van der Waals surface area contributed by atoms with Gasteiger partial charge in [0.1, 0.15) is 0 Å². The zero-order chi connectivity index (χ0) is 25.9. The van der Waals surface area contributed by atoms with E-state index in [2.05, 4.69) is 69.9 Å². The van der Waals surface area contributed by atoms with Gasteiger partial charge in [-0.3, -0.25) is 4.79 Å². The van der Waals surface area contributed by atoms with Crippen LogP contribution in [0.3, 0.4) is 0 Å². The molecule has 1 aromatic heterocycles. The van der Waals surface area contributed by atoms with Crippen LogP contribution in [0.2, 0.25) is 0 Å². The van der Waals surface area contributed by atoms with Crippen molar-refractivity contribution in [3.05, 3.63) is 58.9 Å². The fraction of sp³-hybridized carbons (Fsp3) is 0.433. The zero-order valence-corrected chi connectivity index (χ0v) is 23.6. The molecular weight excluding hydrogens is 512 g/mol. The first-order chi connectivity index (χ1) is 18.6. The number of H-pyrrole nitrogens is 1. The first-order valence-corrected chi connectivity index (χ1v) is 15.5. The Hall–Kier alpha value is -2.39. The number of ether oxygens (including phenoxy) is 1. The minimum Gasteiger partial charge on any atom is -0.381 e. The predicted octanol–water partition coefficient (Wildman–Crippen LogP) is 6.22. The highest BCUT2D eigenvalue weighted by molar-refractivity contribution is 8.05. The minimum atomic E-state index is -0.0710. The molecule has 0 spiro atoms. The fourth-order valence-electron chi connectivity index (χ4n) is 5.57. The van der Waals surface area contributed by atoms with Gasteiger partial charge >= 0.3 is 0 Å². The first-order valence-electron chi connectivity index (χ1n) is 13.8. The summed E-state index contributed by atoms with van der Waals surface area (Å²) in [6.45, 7) is 6.23. The Labute approximate surface area is 233 Å². The average molecular weight is 549 g/mol. The number of nitrogens with one attached hydrogen (secondary N) is 3. The summed E-state index contributed by atoms with van der Waals surface area (Å²) in [4.78, 5) is 22.9. The van der Waals surface area contributed by atoms with Gasteiger partial charge in [0.05, 0.1) is 18.9 Å². The molecule has 1 aliphatic carbocycles. The van der Waals surface area contributed by atoms with Crippen LogP contribution in [0.15, 0.2) is 72.9 Å². The van der Waals surface area contributed by atoms with E-state index in [1.807, 2.05) is 11.8 Å². The molecule has 1 saturated carbocycles. The highest BCUT2D eigenvalue weighted by Gasteiger charge is 2.22. The fourth-order valence-corrected chi connectivity index (χ4v) is 7.98. The van der Waals surface area contributed by atoms with Crippen LogP contribution in [0.25, 0.3) is 11.3 Å². The smallest absolute Gasteiger partial charge is 0.250 e. The van der Waals surface area contributed by atoms with Crippen molar-refractivity contribution in [1.29, 1.82) is 0 Å². The molecule has 8 heteroatoms. The van der Waals surface area contributed by atoms with Crippen LogP contribution in [0.5, 0.6) is 0 Å². The molecule has 1 saturated heterocycles. The van der Waals surface area contributed by atoms with E-state index in [1.165, 1.54) is 51.7 Å². The molecule has 0 bridgehead atoms. The lowest BCUT2D eigenvalue weighted by Crippen LogP contribution is -2.38. The van der Waals surface area contributed by atoms with E-state index in [-0.39, 0.29) is 5.56 Å². The third-order valence-corrected chi connectivity index (χ3v) is 10.2. The van der Waals surface area contributed by atoms with Crippen molar-refractivity contribution >= 4 is 34.9 Å². The number of pyridine rings is 1. The summed E-state index contributed by atoms with van der Waals surface area (Å²) in [7, 11) is 0. The molecule has 2 aliphatic heterocycles. The van der Waals surface area contributed by atoms with E-state index in [0.717, 1.165) is 42.3 Å². The van der Waals surface area contributed by atoms with E-state index >= 15 is 0 Å². The van der Waals surface area contributed by atoms with Crippen LogP contribution in [-0.2, 0) is 4.74 Å². The van der Waals surface area contributed by atoms with Crippen LogP contribution in [0.1, 0.15) is 39.0 Å². The minimum absolute atomic E-state index is 0.0710. The standard InChI is InChI=1S/C30H36N4O2S2/c1-20(19-31-21-6-3-2-4-7-21)32-22-10-11-26-28(16-22)37-27-9-5-8-24(30(27)38-26)25-17-23(18-29(35)33-25)34-12-14-36-15-13-34/h5,8-11,16-18,20-21,31-32H,2-4,6-7,12-15,19H2,1H3,(H,33,35). The number of aromatic nitrogens is 1. The van der Waals surface area contributed by atoms with Crippen molar-refractivity contribution in [2.24, 2.45) is 0 Å². The van der Waals surface area contributed by atoms with Gasteiger partial charge in [-0.2, -0.15) is 0 Å². The van der Waals surface area contributed by atoms with Crippen molar-refractivity contribution in [3.63, 3.8) is 0 Å². The lowest BCUT2D eigenvalue weighted by Gasteiger charge is -2.29. The molecule has 3 heterocycles. The van der Waals surface area contributed by atoms with Gasteiger partial charge < -0.3 is 25.3 Å². The molecule has 1 atom stereocenters. The summed E-state index contributed by atoms with van der Waals surface area (Å²) in [5.41, 5.74) is 3.99. The third kappa shape index (κ3) is 5.93. The third-order valence-electron chi connectivity index (χ3n) is 7.58. The molecule has 1 unspecified atom stereocenters. The number of rotatable bonds is 7. The Kier molecular flexibility index (Phi) is 8.02. The Morgan fingerprint density at radius 2 is 1.84 bits per heavy atom. The predicted molar refractivity (Wildman–Crippen MR) is 158 cm³/mol. The number of fused-ring (bicyclic) bond motifs is 2. The number of nitrogens with zero attached hydrogens (tertiary/aromatic N) is 1. The molecule has 0 radical (unpaired) electrons. The number of benzene rings is 2. The zero-order valence-electron chi connectivity index (χ0n) is 21.9. The highest BCUT2D eigenvalue weighted by atomic mass is 32.2. The van der Waals surface area contributed by atoms with Crippen molar-refractivity contribution in [3.8, 4) is 11.3 Å². The van der Waals surface area contributed by atoms with Crippen LogP contribution >= 0.6 is 23.5 Å². The summed E-state index contributed by atoms with van der Waals surface area (Å²) in [5, 5.41) is 7.46. The van der Waals surface area contributed by atoms with Crippen LogP contribution in [-0.4, -0.2) is 49.9 Å². The van der Waals surface area contributed by atoms with Crippen molar-refractivity contribution in [2.45, 2.75) is 70.7 Å². The lowest BCUT2D eigenvalue weighted by atomic mass is 9.95. The van der Waals surface area contributed by atoms with E-state index in [9.17, 15) is 4.79 Å². The molecule has 2 fully saturated rings. The molecule has 200 valence electrons. The second-order valence-corrected chi connectivity index (χ2v) is 12.6. The summed E-state index contributed by atoms with van der Waals surface area (Å²) in [6.07, 6.45) is 6.73. The molecule has 3 aromatic rings. The second-order valence-electron chi connectivity index (χ2n) is 10.5. The van der Waals surface area contributed by atoms with Gasteiger partial charge in [0.25, 0.3) is 0 Å². The highest BCUT2D eigenvalue weighted by Crippen LogP contribution is 2.52. The molecule has 0 amide bonds. The maximum absolute atomic E-state index is 12.6. The Morgan fingerprint density at radius 3 is 2.68 bits per heavy atom. The number of anilines is 2. The summed E-state index contributed by atoms with van der Waals surface area (Å²) < 4.78 is 5.50. The summed E-state index contributed by atoms with van der Waals surface area (Å²) in [5.74, 6) is 0. The van der Waals surface area contributed by atoms with E-state index in [0.29, 0.717) is 25.3 Å². The maximum atomic E-state index is 12.6. The van der Waals surface area contributed by atoms with Gasteiger partial charge in [-0.1, -0.05) is 54.9 Å². The van der Waals surface area contributed by atoms with Crippen molar-refractivity contribution < 1.29 is 4.74 Å². The van der Waals surface area contributed by atoms with Crippen LogP contribution in [0, 0.1) is 0 Å². The van der Waals surface area contributed by atoms with Crippen LogP contribution in [0.4, 0.5) is 11.4 Å².